The Kier molecular flexibility index (Phi) is 3.33. The zero-order valence-electron chi connectivity index (χ0n) is 10.1. The van der Waals surface area contributed by atoms with Crippen LogP contribution < -0.4 is 5.32 Å². The summed E-state index contributed by atoms with van der Waals surface area (Å²) in [6.07, 6.45) is 1.98. The number of phenolic OH excluding ortho intramolecular Hbond substituents is 1. The summed E-state index contributed by atoms with van der Waals surface area (Å²) in [6, 6.07) is 5.27. The molecular formula is C13H17NO2S. The van der Waals surface area contributed by atoms with Gasteiger partial charge >= 0.3 is 0 Å². The third-order valence-corrected chi connectivity index (χ3v) is 4.62. The molecular weight excluding hydrogens is 234 g/mol. The number of benzene rings is 1. The van der Waals surface area contributed by atoms with E-state index in [0.29, 0.717) is 5.69 Å². The second-order valence-electron chi connectivity index (χ2n) is 4.66. The lowest BCUT2D eigenvalue weighted by Crippen LogP contribution is -2.34. The van der Waals surface area contributed by atoms with Crippen LogP contribution in [-0.4, -0.2) is 21.5 Å². The van der Waals surface area contributed by atoms with Crippen LogP contribution in [0.25, 0.3) is 0 Å². The Morgan fingerprint density at radius 2 is 2.29 bits per heavy atom. The van der Waals surface area contributed by atoms with Crippen LogP contribution in [0, 0.1) is 6.92 Å². The van der Waals surface area contributed by atoms with Gasteiger partial charge in [-0.2, -0.15) is 0 Å². The monoisotopic (exact) mass is 251 g/mol. The van der Waals surface area contributed by atoms with Gasteiger partial charge in [0.05, 0.1) is 10.4 Å². The standard InChI is InChI=1S/C13H17NO2S/c1-9-4-5-10(11(15)8-9)14-12(16)13(2)6-3-7-17-13/h4-5,8,15H,3,6-7H2,1-2H3,(H,14,16). The van der Waals surface area contributed by atoms with Crippen LogP contribution in [0.2, 0.25) is 0 Å². The Morgan fingerprint density at radius 3 is 2.88 bits per heavy atom. The molecule has 0 bridgehead atoms. The number of thioether (sulfide) groups is 1. The molecule has 3 nitrogen and oxygen atoms in total. The van der Waals surface area contributed by atoms with Crippen molar-refractivity contribution in [3.63, 3.8) is 0 Å². The van der Waals surface area contributed by atoms with Gasteiger partial charge in [-0.1, -0.05) is 6.07 Å². The third-order valence-electron chi connectivity index (χ3n) is 3.10. The van der Waals surface area contributed by atoms with Gasteiger partial charge in [0.25, 0.3) is 0 Å². The third kappa shape index (κ3) is 2.57. The van der Waals surface area contributed by atoms with Crippen molar-refractivity contribution in [2.24, 2.45) is 0 Å². The molecule has 1 aliphatic rings. The first-order valence-electron chi connectivity index (χ1n) is 5.76. The van der Waals surface area contributed by atoms with Crippen molar-refractivity contribution in [3.05, 3.63) is 23.8 Å². The fourth-order valence-corrected chi connectivity index (χ4v) is 3.17. The first-order valence-corrected chi connectivity index (χ1v) is 6.75. The van der Waals surface area contributed by atoms with E-state index in [9.17, 15) is 9.90 Å². The van der Waals surface area contributed by atoms with Crippen molar-refractivity contribution in [1.29, 1.82) is 0 Å². The maximum absolute atomic E-state index is 12.1. The molecule has 1 aromatic carbocycles. The molecule has 1 amide bonds. The van der Waals surface area contributed by atoms with Gasteiger partial charge in [0.2, 0.25) is 5.91 Å². The lowest BCUT2D eigenvalue weighted by molar-refractivity contribution is -0.118. The fourth-order valence-electron chi connectivity index (χ4n) is 1.96. The van der Waals surface area contributed by atoms with E-state index in [1.54, 1.807) is 23.9 Å². The van der Waals surface area contributed by atoms with Crippen LogP contribution in [-0.2, 0) is 4.79 Å². The van der Waals surface area contributed by atoms with E-state index in [1.165, 1.54) is 0 Å². The van der Waals surface area contributed by atoms with Crippen molar-refractivity contribution in [2.75, 3.05) is 11.1 Å². The number of rotatable bonds is 2. The van der Waals surface area contributed by atoms with Gasteiger partial charge in [-0.15, -0.1) is 11.8 Å². The van der Waals surface area contributed by atoms with Crippen molar-refractivity contribution in [1.82, 2.24) is 0 Å². The molecule has 1 saturated heterocycles. The molecule has 1 heterocycles. The molecule has 0 saturated carbocycles. The lowest BCUT2D eigenvalue weighted by Gasteiger charge is -2.21. The minimum absolute atomic E-state index is 0.0147. The van der Waals surface area contributed by atoms with E-state index in [0.717, 1.165) is 24.2 Å². The van der Waals surface area contributed by atoms with Crippen LogP contribution in [0.1, 0.15) is 25.3 Å². The Balaban J connectivity index is 2.13. The van der Waals surface area contributed by atoms with E-state index in [-0.39, 0.29) is 16.4 Å². The molecule has 17 heavy (non-hydrogen) atoms. The van der Waals surface area contributed by atoms with Gasteiger partial charge in [0.15, 0.2) is 0 Å². The summed E-state index contributed by atoms with van der Waals surface area (Å²) in [7, 11) is 0. The molecule has 1 aliphatic heterocycles. The highest BCUT2D eigenvalue weighted by Gasteiger charge is 2.37. The predicted octanol–water partition coefficient (Wildman–Crippen LogP) is 2.92. The number of hydrogen-bond donors (Lipinski definition) is 2. The van der Waals surface area contributed by atoms with Crippen LogP contribution >= 0.6 is 11.8 Å². The van der Waals surface area contributed by atoms with Crippen molar-refractivity contribution in [3.8, 4) is 5.75 Å². The number of carbonyl (C=O) groups is 1. The normalized spacial score (nSPS) is 23.6. The summed E-state index contributed by atoms with van der Waals surface area (Å²) in [6.45, 7) is 3.87. The number of aromatic hydroxyl groups is 1. The minimum atomic E-state index is -0.350. The molecule has 1 unspecified atom stereocenters. The lowest BCUT2D eigenvalue weighted by atomic mass is 10.0. The number of amides is 1. The van der Waals surface area contributed by atoms with Crippen LogP contribution in [0.15, 0.2) is 18.2 Å². The number of hydrogen-bond acceptors (Lipinski definition) is 3. The predicted molar refractivity (Wildman–Crippen MR) is 71.6 cm³/mol. The Hall–Kier alpha value is -1.16. The van der Waals surface area contributed by atoms with Crippen molar-refractivity contribution < 1.29 is 9.90 Å². The Labute approximate surface area is 106 Å². The van der Waals surface area contributed by atoms with Crippen molar-refractivity contribution >= 4 is 23.4 Å². The molecule has 1 atom stereocenters. The fraction of sp³-hybridized carbons (Fsp3) is 0.462. The molecule has 2 N–H and O–H groups in total. The molecule has 0 spiro atoms. The highest BCUT2D eigenvalue weighted by atomic mass is 32.2. The van der Waals surface area contributed by atoms with Gasteiger partial charge < -0.3 is 10.4 Å². The summed E-state index contributed by atoms with van der Waals surface area (Å²) in [4.78, 5) is 12.1. The highest BCUT2D eigenvalue weighted by Crippen LogP contribution is 2.39. The quantitative estimate of drug-likeness (QED) is 0.795. The number of carbonyl (C=O) groups excluding carboxylic acids is 1. The zero-order valence-corrected chi connectivity index (χ0v) is 10.9. The van der Waals surface area contributed by atoms with E-state index in [1.807, 2.05) is 19.9 Å². The van der Waals surface area contributed by atoms with Crippen LogP contribution in [0.5, 0.6) is 5.75 Å². The number of anilines is 1. The van der Waals surface area contributed by atoms with Gasteiger partial charge in [-0.25, -0.2) is 0 Å². The van der Waals surface area contributed by atoms with Crippen LogP contribution in [0.3, 0.4) is 0 Å². The summed E-state index contributed by atoms with van der Waals surface area (Å²) in [5.41, 5.74) is 1.47. The highest BCUT2D eigenvalue weighted by molar-refractivity contribution is 8.01. The molecule has 4 heteroatoms. The van der Waals surface area contributed by atoms with Gasteiger partial charge in [0, 0.05) is 0 Å². The molecule has 2 rings (SSSR count). The maximum atomic E-state index is 12.1. The number of phenols is 1. The van der Waals surface area contributed by atoms with Gasteiger partial charge in [-0.05, 0) is 50.1 Å². The molecule has 92 valence electrons. The van der Waals surface area contributed by atoms with Crippen molar-refractivity contribution in [2.45, 2.75) is 31.4 Å². The first-order chi connectivity index (χ1) is 8.01. The van der Waals surface area contributed by atoms with Crippen LogP contribution in [0.4, 0.5) is 5.69 Å². The average Bonchev–Trinajstić information content (AvgIpc) is 2.71. The summed E-state index contributed by atoms with van der Waals surface area (Å²) in [5, 5.41) is 12.6. The maximum Gasteiger partial charge on any atom is 0.240 e. The summed E-state index contributed by atoms with van der Waals surface area (Å²) >= 11 is 1.69. The second-order valence-corrected chi connectivity index (χ2v) is 6.26. The minimum Gasteiger partial charge on any atom is -0.506 e. The summed E-state index contributed by atoms with van der Waals surface area (Å²) < 4.78 is -0.350. The number of nitrogens with one attached hydrogen (secondary N) is 1. The molecule has 0 radical (unpaired) electrons. The molecule has 1 fully saturated rings. The second kappa shape index (κ2) is 4.61. The van der Waals surface area contributed by atoms with Gasteiger partial charge in [-0.3, -0.25) is 4.79 Å². The van der Waals surface area contributed by atoms with E-state index < -0.39 is 0 Å². The van der Waals surface area contributed by atoms with Gasteiger partial charge in [0.1, 0.15) is 5.75 Å². The topological polar surface area (TPSA) is 49.3 Å². The Morgan fingerprint density at radius 1 is 1.53 bits per heavy atom. The van der Waals surface area contributed by atoms with E-state index in [4.69, 9.17) is 0 Å². The molecule has 1 aromatic rings. The Bertz CT molecular complexity index is 439. The average molecular weight is 251 g/mol. The smallest absolute Gasteiger partial charge is 0.240 e. The SMILES string of the molecule is Cc1ccc(NC(=O)C2(C)CCCS2)c(O)c1. The zero-order chi connectivity index (χ0) is 12.5. The van der Waals surface area contributed by atoms with E-state index >= 15 is 0 Å². The molecule has 0 aliphatic carbocycles. The molecule has 0 aromatic heterocycles. The first kappa shape index (κ1) is 12.3. The number of aryl methyl sites for hydroxylation is 1. The largest absolute Gasteiger partial charge is 0.506 e. The summed E-state index contributed by atoms with van der Waals surface area (Å²) in [5.74, 6) is 1.15. The van der Waals surface area contributed by atoms with E-state index in [2.05, 4.69) is 5.32 Å².